The van der Waals surface area contributed by atoms with Gasteiger partial charge in [0.25, 0.3) is 0 Å². The molecule has 3 rings (SSSR count). The summed E-state index contributed by atoms with van der Waals surface area (Å²) in [4.78, 5) is 14.2. The Kier molecular flexibility index (Phi) is 3.75. The Bertz CT molecular complexity index is 650. The van der Waals surface area contributed by atoms with Gasteiger partial charge in [-0.2, -0.15) is 0 Å². The molecule has 0 aliphatic carbocycles. The van der Waals surface area contributed by atoms with Crippen molar-refractivity contribution < 1.29 is 9.32 Å². The number of carbonyl (C=O) groups is 1. The van der Waals surface area contributed by atoms with Crippen LogP contribution in [0.1, 0.15) is 22.6 Å². The summed E-state index contributed by atoms with van der Waals surface area (Å²) in [5.41, 5.74) is 3.30. The van der Waals surface area contributed by atoms with Crippen LogP contribution < -0.4 is 5.32 Å². The second kappa shape index (κ2) is 5.69. The number of hydrogen-bond acceptors (Lipinski definition) is 4. The zero-order valence-electron chi connectivity index (χ0n) is 12.3. The first kappa shape index (κ1) is 13.8. The Labute approximate surface area is 123 Å². The molecule has 1 N–H and O–H groups in total. The Morgan fingerprint density at radius 1 is 1.43 bits per heavy atom. The number of nitrogens with one attached hydrogen (secondary N) is 1. The lowest BCUT2D eigenvalue weighted by Crippen LogP contribution is -2.48. The third-order valence-corrected chi connectivity index (χ3v) is 3.83. The highest BCUT2D eigenvalue weighted by Gasteiger charge is 2.26. The van der Waals surface area contributed by atoms with E-state index in [1.165, 1.54) is 11.1 Å². The lowest BCUT2D eigenvalue weighted by molar-refractivity contribution is -0.132. The minimum atomic E-state index is -0.169. The average Bonchev–Trinajstić information content (AvgIpc) is 2.91. The SMILES string of the molecule is Cc1cc(CN(C)C(=O)C2Cc3ccccc3CN2)no1. The first-order valence-electron chi connectivity index (χ1n) is 7.11. The summed E-state index contributed by atoms with van der Waals surface area (Å²) in [6.07, 6.45) is 0.733. The minimum Gasteiger partial charge on any atom is -0.361 e. The van der Waals surface area contributed by atoms with Crippen molar-refractivity contribution in [2.45, 2.75) is 32.5 Å². The van der Waals surface area contributed by atoms with Crippen LogP contribution in [0.15, 0.2) is 34.9 Å². The van der Waals surface area contributed by atoms with Gasteiger partial charge in [-0.25, -0.2) is 0 Å². The number of aromatic nitrogens is 1. The van der Waals surface area contributed by atoms with E-state index in [-0.39, 0.29) is 11.9 Å². The van der Waals surface area contributed by atoms with Crippen LogP contribution in [0.2, 0.25) is 0 Å². The lowest BCUT2D eigenvalue weighted by atomic mass is 9.95. The van der Waals surface area contributed by atoms with Crippen molar-refractivity contribution in [1.29, 1.82) is 0 Å². The van der Waals surface area contributed by atoms with Crippen LogP contribution in [-0.4, -0.2) is 29.1 Å². The highest BCUT2D eigenvalue weighted by molar-refractivity contribution is 5.82. The zero-order chi connectivity index (χ0) is 14.8. The fourth-order valence-corrected chi connectivity index (χ4v) is 2.71. The fraction of sp³-hybridized carbons (Fsp3) is 0.375. The third kappa shape index (κ3) is 2.97. The maximum atomic E-state index is 12.5. The molecule has 2 heterocycles. The van der Waals surface area contributed by atoms with E-state index in [1.807, 2.05) is 25.1 Å². The van der Waals surface area contributed by atoms with Gasteiger partial charge in [0.05, 0.1) is 12.6 Å². The summed E-state index contributed by atoms with van der Waals surface area (Å²) in [6, 6.07) is 9.93. The van der Waals surface area contributed by atoms with E-state index in [1.54, 1.807) is 11.9 Å². The molecule has 21 heavy (non-hydrogen) atoms. The third-order valence-electron chi connectivity index (χ3n) is 3.83. The number of benzene rings is 1. The van der Waals surface area contributed by atoms with Crippen molar-refractivity contribution in [3.05, 3.63) is 52.9 Å². The molecule has 0 fully saturated rings. The molecule has 1 aromatic carbocycles. The van der Waals surface area contributed by atoms with Crippen molar-refractivity contribution >= 4 is 5.91 Å². The molecule has 0 spiro atoms. The molecule has 1 amide bonds. The summed E-state index contributed by atoms with van der Waals surface area (Å²) in [6.45, 7) is 3.05. The van der Waals surface area contributed by atoms with Crippen molar-refractivity contribution in [2.24, 2.45) is 0 Å². The molecule has 0 bridgehead atoms. The van der Waals surface area contributed by atoms with Crippen molar-refractivity contribution in [1.82, 2.24) is 15.4 Å². The molecule has 1 aromatic heterocycles. The Morgan fingerprint density at radius 3 is 2.90 bits per heavy atom. The molecule has 5 nitrogen and oxygen atoms in total. The monoisotopic (exact) mass is 285 g/mol. The van der Waals surface area contributed by atoms with E-state index < -0.39 is 0 Å². The summed E-state index contributed by atoms with van der Waals surface area (Å²) in [5.74, 6) is 0.848. The summed E-state index contributed by atoms with van der Waals surface area (Å²) in [7, 11) is 1.80. The second-order valence-electron chi connectivity index (χ2n) is 5.53. The summed E-state index contributed by atoms with van der Waals surface area (Å²) >= 11 is 0. The topological polar surface area (TPSA) is 58.4 Å². The van der Waals surface area contributed by atoms with Gasteiger partial charge in [0.2, 0.25) is 5.91 Å². The number of rotatable bonds is 3. The molecule has 1 aliphatic rings. The standard InChI is InChI=1S/C16H19N3O2/c1-11-7-14(18-21-11)10-19(2)16(20)15-8-12-5-3-4-6-13(12)9-17-15/h3-7,15,17H,8-10H2,1-2H3. The lowest BCUT2D eigenvalue weighted by Gasteiger charge is -2.28. The highest BCUT2D eigenvalue weighted by Crippen LogP contribution is 2.17. The van der Waals surface area contributed by atoms with Gasteiger partial charge >= 0.3 is 0 Å². The number of nitrogens with zero attached hydrogens (tertiary/aromatic N) is 2. The minimum absolute atomic E-state index is 0.0881. The normalized spacial score (nSPS) is 17.3. The van der Waals surface area contributed by atoms with Crippen molar-refractivity contribution in [3.63, 3.8) is 0 Å². The van der Waals surface area contributed by atoms with Crippen LogP contribution in [0.3, 0.4) is 0 Å². The molecule has 1 atom stereocenters. The van der Waals surface area contributed by atoms with Crippen LogP contribution in [0.5, 0.6) is 0 Å². The molecule has 0 saturated heterocycles. The van der Waals surface area contributed by atoms with Gasteiger partial charge in [0.1, 0.15) is 11.5 Å². The molecular weight excluding hydrogens is 266 g/mol. The number of fused-ring (bicyclic) bond motifs is 1. The Hall–Kier alpha value is -2.14. The van der Waals surface area contributed by atoms with Gasteiger partial charge in [-0.3, -0.25) is 4.79 Å². The maximum absolute atomic E-state index is 12.5. The number of aryl methyl sites for hydroxylation is 1. The van der Waals surface area contributed by atoms with Crippen LogP contribution in [0.25, 0.3) is 0 Å². The van der Waals surface area contributed by atoms with Gasteiger partial charge in [-0.1, -0.05) is 29.4 Å². The van der Waals surface area contributed by atoms with Crippen molar-refractivity contribution in [3.8, 4) is 0 Å². The largest absolute Gasteiger partial charge is 0.361 e. The summed E-state index contributed by atoms with van der Waals surface area (Å²) < 4.78 is 5.03. The zero-order valence-corrected chi connectivity index (χ0v) is 12.3. The van der Waals surface area contributed by atoms with Gasteiger partial charge in [-0.05, 0) is 24.5 Å². The maximum Gasteiger partial charge on any atom is 0.240 e. The number of hydrogen-bond donors (Lipinski definition) is 1. The number of likely N-dealkylation sites (N-methyl/N-ethyl adjacent to an activating group) is 1. The molecule has 1 aliphatic heterocycles. The first-order valence-corrected chi connectivity index (χ1v) is 7.11. The Balaban J connectivity index is 1.66. The van der Waals surface area contributed by atoms with Crippen LogP contribution in [0, 0.1) is 6.92 Å². The smallest absolute Gasteiger partial charge is 0.240 e. The van der Waals surface area contributed by atoms with Crippen molar-refractivity contribution in [2.75, 3.05) is 7.05 Å². The molecular formula is C16H19N3O2. The predicted molar refractivity (Wildman–Crippen MR) is 78.5 cm³/mol. The predicted octanol–water partition coefficient (Wildman–Crippen LogP) is 1.66. The summed E-state index contributed by atoms with van der Waals surface area (Å²) in [5, 5.41) is 7.24. The Morgan fingerprint density at radius 2 is 2.19 bits per heavy atom. The van der Waals surface area contributed by atoms with E-state index in [4.69, 9.17) is 4.52 Å². The van der Waals surface area contributed by atoms with Crippen LogP contribution >= 0.6 is 0 Å². The van der Waals surface area contributed by atoms with Crippen LogP contribution in [0.4, 0.5) is 0 Å². The van der Waals surface area contributed by atoms with E-state index >= 15 is 0 Å². The highest BCUT2D eigenvalue weighted by atomic mass is 16.5. The fourth-order valence-electron chi connectivity index (χ4n) is 2.71. The molecule has 0 saturated carbocycles. The van der Waals surface area contributed by atoms with E-state index in [2.05, 4.69) is 22.6 Å². The van der Waals surface area contributed by atoms with Crippen LogP contribution in [-0.2, 0) is 24.3 Å². The molecule has 0 radical (unpaired) electrons. The molecule has 1 unspecified atom stereocenters. The van der Waals surface area contributed by atoms with E-state index in [0.717, 1.165) is 24.4 Å². The molecule has 110 valence electrons. The van der Waals surface area contributed by atoms with E-state index in [0.29, 0.717) is 6.54 Å². The van der Waals surface area contributed by atoms with Gasteiger partial charge < -0.3 is 14.7 Å². The van der Waals surface area contributed by atoms with E-state index in [9.17, 15) is 4.79 Å². The second-order valence-corrected chi connectivity index (χ2v) is 5.53. The van der Waals surface area contributed by atoms with Gasteiger partial charge in [0, 0.05) is 19.7 Å². The molecule has 2 aromatic rings. The molecule has 5 heteroatoms. The quantitative estimate of drug-likeness (QED) is 0.931. The van der Waals surface area contributed by atoms with Gasteiger partial charge in [-0.15, -0.1) is 0 Å². The first-order chi connectivity index (χ1) is 10.1. The number of carbonyl (C=O) groups excluding carboxylic acids is 1. The number of amides is 1. The average molecular weight is 285 g/mol. The van der Waals surface area contributed by atoms with Gasteiger partial charge in [0.15, 0.2) is 0 Å².